The summed E-state index contributed by atoms with van der Waals surface area (Å²) in [6, 6.07) is 51.8. The zero-order chi connectivity index (χ0) is 38.1. The number of hydrogen-bond acceptors (Lipinski definition) is 6. The summed E-state index contributed by atoms with van der Waals surface area (Å²) >= 11 is 0. The first-order chi connectivity index (χ1) is 28.2. The van der Waals surface area contributed by atoms with E-state index in [4.69, 9.17) is 24.4 Å². The van der Waals surface area contributed by atoms with E-state index >= 15 is 0 Å². The van der Waals surface area contributed by atoms with Crippen molar-refractivity contribution in [2.45, 2.75) is 25.7 Å². The van der Waals surface area contributed by atoms with Crippen LogP contribution in [0.5, 0.6) is 0 Å². The Kier molecular flexibility index (Phi) is 8.74. The van der Waals surface area contributed by atoms with E-state index in [9.17, 15) is 5.26 Å². The summed E-state index contributed by atoms with van der Waals surface area (Å²) in [6.07, 6.45) is 9.97. The number of hydrogen-bond donors (Lipinski definition) is 0. The minimum absolute atomic E-state index is 0.581. The summed E-state index contributed by atoms with van der Waals surface area (Å²) < 4.78 is 6.60. The number of oxazole rings is 1. The first kappa shape index (κ1) is 34.0. The summed E-state index contributed by atoms with van der Waals surface area (Å²) in [5.74, 6) is 2.39. The summed E-state index contributed by atoms with van der Waals surface area (Å²) in [7, 11) is 0. The van der Waals surface area contributed by atoms with E-state index in [1.807, 2.05) is 78.9 Å². The van der Waals surface area contributed by atoms with Crippen LogP contribution in [0.25, 0.3) is 85.1 Å². The molecule has 0 spiro atoms. The molecule has 6 aromatic carbocycles. The summed E-state index contributed by atoms with van der Waals surface area (Å²) in [6.45, 7) is 0. The fourth-order valence-corrected chi connectivity index (χ4v) is 8.09. The third-order valence-electron chi connectivity index (χ3n) is 10.8. The highest BCUT2D eigenvalue weighted by Gasteiger charge is 2.25. The van der Waals surface area contributed by atoms with E-state index in [0.29, 0.717) is 28.9 Å². The van der Waals surface area contributed by atoms with Crippen LogP contribution < -0.4 is 0 Å². The van der Waals surface area contributed by atoms with Gasteiger partial charge < -0.3 is 4.42 Å². The molecule has 0 aliphatic heterocycles. The molecule has 2 aliphatic rings. The number of benzene rings is 6. The molecule has 0 fully saturated rings. The van der Waals surface area contributed by atoms with Crippen molar-refractivity contribution in [3.63, 3.8) is 0 Å². The molecular weight excluding hydrogens is 699 g/mol. The molecule has 0 saturated heterocycles. The Labute approximate surface area is 330 Å². The number of allylic oxidation sites excluding steroid dienone is 5. The second-order valence-electron chi connectivity index (χ2n) is 14.3. The zero-order valence-corrected chi connectivity index (χ0v) is 31.1. The SMILES string of the molecule is N#CC1=CCCC(c2ccccc2-c2nc3ccc4c(c3o2)C=CCC4)=C1c1cccc(-c2ccccc2-c2nc(-c3ccccc3)nc(-c3ccccc3)n2)c1. The Balaban J connectivity index is 1.11. The molecule has 0 radical (unpaired) electrons. The van der Waals surface area contributed by atoms with Crippen molar-refractivity contribution in [3.8, 4) is 62.8 Å². The van der Waals surface area contributed by atoms with Crippen LogP contribution in [0.4, 0.5) is 0 Å². The smallest absolute Gasteiger partial charge is 0.227 e. The molecule has 10 rings (SSSR count). The predicted octanol–water partition coefficient (Wildman–Crippen LogP) is 12.5. The molecule has 57 heavy (non-hydrogen) atoms. The van der Waals surface area contributed by atoms with Crippen molar-refractivity contribution < 1.29 is 4.42 Å². The molecule has 0 N–H and O–H groups in total. The molecule has 2 aliphatic carbocycles. The van der Waals surface area contributed by atoms with E-state index in [1.54, 1.807) is 0 Å². The highest BCUT2D eigenvalue weighted by atomic mass is 16.3. The van der Waals surface area contributed by atoms with Gasteiger partial charge in [0.1, 0.15) is 5.52 Å². The lowest BCUT2D eigenvalue weighted by atomic mass is 9.81. The van der Waals surface area contributed by atoms with Gasteiger partial charge in [0.2, 0.25) is 5.89 Å². The fraction of sp³-hybridized carbons (Fsp3) is 0.0784. The maximum atomic E-state index is 10.6. The van der Waals surface area contributed by atoms with Gasteiger partial charge in [0.15, 0.2) is 23.1 Å². The zero-order valence-electron chi connectivity index (χ0n) is 31.1. The predicted molar refractivity (Wildman–Crippen MR) is 228 cm³/mol. The Morgan fingerprint density at radius 1 is 0.526 bits per heavy atom. The van der Waals surface area contributed by atoms with Crippen molar-refractivity contribution in [2.24, 2.45) is 0 Å². The fourth-order valence-electron chi connectivity index (χ4n) is 8.09. The van der Waals surface area contributed by atoms with Crippen molar-refractivity contribution in [1.29, 1.82) is 5.26 Å². The monoisotopic (exact) mass is 733 g/mol. The van der Waals surface area contributed by atoms with Gasteiger partial charge in [0.25, 0.3) is 0 Å². The van der Waals surface area contributed by atoms with Gasteiger partial charge in [0, 0.05) is 33.4 Å². The van der Waals surface area contributed by atoms with Crippen molar-refractivity contribution in [3.05, 3.63) is 186 Å². The van der Waals surface area contributed by atoms with Gasteiger partial charge in [-0.2, -0.15) is 5.26 Å². The molecule has 270 valence electrons. The molecule has 0 atom stereocenters. The van der Waals surface area contributed by atoms with Gasteiger partial charge in [-0.3, -0.25) is 0 Å². The minimum atomic E-state index is 0.581. The average Bonchev–Trinajstić information content (AvgIpc) is 3.74. The van der Waals surface area contributed by atoms with Crippen molar-refractivity contribution >= 4 is 28.3 Å². The highest BCUT2D eigenvalue weighted by Crippen LogP contribution is 2.44. The number of fused-ring (bicyclic) bond motifs is 3. The van der Waals surface area contributed by atoms with Gasteiger partial charge in [-0.1, -0.05) is 146 Å². The first-order valence-corrected chi connectivity index (χ1v) is 19.3. The van der Waals surface area contributed by atoms with E-state index in [0.717, 1.165) is 98.0 Å². The number of aryl methyl sites for hydroxylation is 1. The molecule has 6 heteroatoms. The normalized spacial score (nSPS) is 13.6. The lowest BCUT2D eigenvalue weighted by Crippen LogP contribution is -2.02. The highest BCUT2D eigenvalue weighted by molar-refractivity contribution is 6.04. The summed E-state index contributed by atoms with van der Waals surface area (Å²) in [4.78, 5) is 20.0. The molecule has 2 heterocycles. The molecule has 8 aromatic rings. The van der Waals surface area contributed by atoms with E-state index in [1.165, 1.54) is 5.56 Å². The average molecular weight is 734 g/mol. The van der Waals surface area contributed by atoms with Crippen LogP contribution in [-0.4, -0.2) is 19.9 Å². The third kappa shape index (κ3) is 6.35. The van der Waals surface area contributed by atoms with Gasteiger partial charge in [-0.25, -0.2) is 19.9 Å². The lowest BCUT2D eigenvalue weighted by molar-refractivity contribution is 0.618. The second-order valence-corrected chi connectivity index (χ2v) is 14.3. The van der Waals surface area contributed by atoms with Crippen LogP contribution in [0.3, 0.4) is 0 Å². The Hall–Kier alpha value is -7.49. The van der Waals surface area contributed by atoms with E-state index in [-0.39, 0.29) is 0 Å². The summed E-state index contributed by atoms with van der Waals surface area (Å²) in [5, 5.41) is 10.6. The van der Waals surface area contributed by atoms with Crippen LogP contribution in [0.15, 0.2) is 168 Å². The third-order valence-corrected chi connectivity index (χ3v) is 10.8. The number of rotatable bonds is 7. The van der Waals surface area contributed by atoms with Crippen LogP contribution in [0.2, 0.25) is 0 Å². The molecule has 0 unspecified atom stereocenters. The topological polar surface area (TPSA) is 88.5 Å². The second kappa shape index (κ2) is 14.6. The Morgan fingerprint density at radius 2 is 1.16 bits per heavy atom. The molecule has 6 nitrogen and oxygen atoms in total. The maximum absolute atomic E-state index is 10.6. The van der Waals surface area contributed by atoms with E-state index in [2.05, 4.69) is 91.0 Å². The Bertz CT molecular complexity index is 2910. The molecule has 2 aromatic heterocycles. The minimum Gasteiger partial charge on any atom is -0.435 e. The Morgan fingerprint density at radius 3 is 1.89 bits per heavy atom. The quantitative estimate of drug-likeness (QED) is 0.162. The van der Waals surface area contributed by atoms with Crippen LogP contribution >= 0.6 is 0 Å². The largest absolute Gasteiger partial charge is 0.435 e. The standard InChI is InChI=1S/C51H35N5O/c52-32-38-22-14-28-42(41-25-10-12-27-44(41)51-53-45-30-29-33-15-7-8-24-40(33)47(45)57-51)46(38)37-21-13-20-36(31-37)39-23-9-11-26-43(39)50-55-48(34-16-3-1-4-17-34)54-49(56-50)35-18-5-2-6-19-35/h1-6,8-13,16-27,29-31H,7,14-15,28H2. The van der Waals surface area contributed by atoms with Crippen LogP contribution in [0, 0.1) is 11.3 Å². The summed E-state index contributed by atoms with van der Waals surface area (Å²) in [5.41, 5.74) is 14.3. The lowest BCUT2D eigenvalue weighted by Gasteiger charge is -2.22. The number of aromatic nitrogens is 4. The molecular formula is C51H35N5O. The van der Waals surface area contributed by atoms with Gasteiger partial charge >= 0.3 is 0 Å². The molecule has 0 bridgehead atoms. The van der Waals surface area contributed by atoms with E-state index < -0.39 is 0 Å². The van der Waals surface area contributed by atoms with Gasteiger partial charge in [-0.15, -0.1) is 0 Å². The van der Waals surface area contributed by atoms with Crippen LogP contribution in [0.1, 0.15) is 41.5 Å². The first-order valence-electron chi connectivity index (χ1n) is 19.3. The van der Waals surface area contributed by atoms with Gasteiger partial charge in [-0.05, 0) is 77.3 Å². The molecule has 0 amide bonds. The number of nitriles is 1. The van der Waals surface area contributed by atoms with Gasteiger partial charge in [0.05, 0.1) is 11.6 Å². The van der Waals surface area contributed by atoms with Crippen molar-refractivity contribution in [1.82, 2.24) is 19.9 Å². The van der Waals surface area contributed by atoms with Crippen molar-refractivity contribution in [2.75, 3.05) is 0 Å². The molecule has 0 saturated carbocycles. The number of nitrogens with zero attached hydrogens (tertiary/aromatic N) is 5. The maximum Gasteiger partial charge on any atom is 0.227 e. The van der Waals surface area contributed by atoms with Crippen LogP contribution in [-0.2, 0) is 6.42 Å².